The summed E-state index contributed by atoms with van der Waals surface area (Å²) in [5, 5.41) is 0. The van der Waals surface area contributed by atoms with Crippen molar-refractivity contribution in [2.24, 2.45) is 0 Å². The smallest absolute Gasteiger partial charge is 0.146 e. The van der Waals surface area contributed by atoms with Gasteiger partial charge in [0.1, 0.15) is 6.79 Å². The molecule has 0 saturated heterocycles. The molecule has 0 atom stereocenters. The van der Waals surface area contributed by atoms with Gasteiger partial charge in [0, 0.05) is 13.7 Å². The second kappa shape index (κ2) is 6.77. The minimum Gasteiger partial charge on any atom is -0.359 e. The molecule has 0 spiro atoms. The van der Waals surface area contributed by atoms with Crippen LogP contribution >= 0.6 is 0 Å². The average molecular weight is 236 g/mol. The Balaban J connectivity index is 2.36. The van der Waals surface area contributed by atoms with Crippen molar-refractivity contribution in [1.29, 1.82) is 0 Å². The van der Waals surface area contributed by atoms with Gasteiger partial charge >= 0.3 is 0 Å². The first kappa shape index (κ1) is 14.2. The third-order valence-corrected chi connectivity index (χ3v) is 2.78. The third-order valence-electron chi connectivity index (χ3n) is 2.78. The van der Waals surface area contributed by atoms with Crippen molar-refractivity contribution in [1.82, 2.24) is 0 Å². The zero-order valence-corrected chi connectivity index (χ0v) is 11.5. The van der Waals surface area contributed by atoms with Crippen LogP contribution in [0.2, 0.25) is 0 Å². The van der Waals surface area contributed by atoms with Crippen molar-refractivity contribution in [3.05, 3.63) is 35.4 Å². The molecule has 0 amide bonds. The fourth-order valence-corrected chi connectivity index (χ4v) is 1.69. The highest BCUT2D eigenvalue weighted by Gasteiger charge is 2.12. The summed E-state index contributed by atoms with van der Waals surface area (Å²) in [5.74, 6) is 0. The number of methoxy groups -OCH3 is 1. The van der Waals surface area contributed by atoms with E-state index in [1.54, 1.807) is 7.11 Å². The molecule has 1 rings (SSSR count). The minimum absolute atomic E-state index is 0.236. The summed E-state index contributed by atoms with van der Waals surface area (Å²) in [6.45, 7) is 7.86. The fraction of sp³-hybridized carbons (Fsp3) is 0.600. The van der Waals surface area contributed by atoms with E-state index in [9.17, 15) is 0 Å². The molecular weight excluding hydrogens is 212 g/mol. The molecule has 2 heteroatoms. The van der Waals surface area contributed by atoms with Gasteiger partial charge in [-0.05, 0) is 29.4 Å². The lowest BCUT2D eigenvalue weighted by atomic mass is 9.86. The van der Waals surface area contributed by atoms with Crippen molar-refractivity contribution >= 4 is 0 Å². The Labute approximate surface area is 105 Å². The van der Waals surface area contributed by atoms with E-state index in [0.29, 0.717) is 6.79 Å². The molecule has 0 aliphatic heterocycles. The van der Waals surface area contributed by atoms with Crippen molar-refractivity contribution in [3.63, 3.8) is 0 Å². The minimum atomic E-state index is 0.236. The molecule has 1 aromatic carbocycles. The summed E-state index contributed by atoms with van der Waals surface area (Å²) >= 11 is 0. The molecule has 0 heterocycles. The summed E-state index contributed by atoms with van der Waals surface area (Å²) in [7, 11) is 1.64. The Kier molecular flexibility index (Phi) is 5.66. The van der Waals surface area contributed by atoms with Crippen molar-refractivity contribution in [3.8, 4) is 0 Å². The molecule has 1 aromatic rings. The van der Waals surface area contributed by atoms with E-state index < -0.39 is 0 Å². The second-order valence-corrected chi connectivity index (χ2v) is 5.37. The van der Waals surface area contributed by atoms with Gasteiger partial charge in [-0.25, -0.2) is 0 Å². The molecule has 17 heavy (non-hydrogen) atoms. The van der Waals surface area contributed by atoms with Crippen LogP contribution < -0.4 is 0 Å². The van der Waals surface area contributed by atoms with Gasteiger partial charge in [-0.15, -0.1) is 0 Å². The zero-order chi connectivity index (χ0) is 12.7. The van der Waals surface area contributed by atoms with Crippen LogP contribution in [0, 0.1) is 0 Å². The van der Waals surface area contributed by atoms with E-state index in [2.05, 4.69) is 45.0 Å². The van der Waals surface area contributed by atoms with Crippen LogP contribution in [-0.4, -0.2) is 20.5 Å². The van der Waals surface area contributed by atoms with Crippen LogP contribution in [0.4, 0.5) is 0 Å². The average Bonchev–Trinajstić information content (AvgIpc) is 2.28. The SMILES string of the molecule is COCOCCCc1ccc(C(C)(C)C)cc1. The maximum absolute atomic E-state index is 5.26. The van der Waals surface area contributed by atoms with Crippen LogP contribution in [0.25, 0.3) is 0 Å². The Morgan fingerprint density at radius 2 is 1.71 bits per heavy atom. The van der Waals surface area contributed by atoms with Crippen LogP contribution in [0.3, 0.4) is 0 Å². The summed E-state index contributed by atoms with van der Waals surface area (Å²) in [6.07, 6.45) is 2.10. The number of benzene rings is 1. The summed E-state index contributed by atoms with van der Waals surface area (Å²) < 4.78 is 10.1. The monoisotopic (exact) mass is 236 g/mol. The van der Waals surface area contributed by atoms with Gasteiger partial charge in [0.25, 0.3) is 0 Å². The Morgan fingerprint density at radius 3 is 2.24 bits per heavy atom. The molecular formula is C15H24O2. The van der Waals surface area contributed by atoms with E-state index in [1.807, 2.05) is 0 Å². The van der Waals surface area contributed by atoms with E-state index in [-0.39, 0.29) is 5.41 Å². The van der Waals surface area contributed by atoms with Gasteiger partial charge in [-0.3, -0.25) is 0 Å². The largest absolute Gasteiger partial charge is 0.359 e. The molecule has 0 saturated carbocycles. The molecule has 0 radical (unpaired) electrons. The lowest BCUT2D eigenvalue weighted by Crippen LogP contribution is -2.10. The first-order valence-corrected chi connectivity index (χ1v) is 6.20. The number of hydrogen-bond donors (Lipinski definition) is 0. The summed E-state index contributed by atoms with van der Waals surface area (Å²) in [6, 6.07) is 8.89. The van der Waals surface area contributed by atoms with Gasteiger partial charge in [-0.1, -0.05) is 45.0 Å². The van der Waals surface area contributed by atoms with Crippen LogP contribution in [0.1, 0.15) is 38.3 Å². The number of ether oxygens (including phenoxy) is 2. The fourth-order valence-electron chi connectivity index (χ4n) is 1.69. The standard InChI is InChI=1S/C15H24O2/c1-15(2,3)14-9-7-13(8-10-14)6-5-11-17-12-16-4/h7-10H,5-6,11-12H2,1-4H3. The van der Waals surface area contributed by atoms with Crippen molar-refractivity contribution < 1.29 is 9.47 Å². The van der Waals surface area contributed by atoms with Crippen molar-refractivity contribution in [2.45, 2.75) is 39.0 Å². The lowest BCUT2D eigenvalue weighted by molar-refractivity contribution is -0.0310. The Bertz CT molecular complexity index is 309. The highest BCUT2D eigenvalue weighted by molar-refractivity contribution is 5.27. The third kappa shape index (κ3) is 5.33. The molecule has 0 aromatic heterocycles. The molecule has 0 aliphatic rings. The topological polar surface area (TPSA) is 18.5 Å². The lowest BCUT2D eigenvalue weighted by Gasteiger charge is -2.19. The van der Waals surface area contributed by atoms with Gasteiger partial charge in [0.05, 0.1) is 0 Å². The van der Waals surface area contributed by atoms with Crippen LogP contribution in [-0.2, 0) is 21.3 Å². The highest BCUT2D eigenvalue weighted by Crippen LogP contribution is 2.22. The quantitative estimate of drug-likeness (QED) is 0.555. The number of rotatable bonds is 6. The van der Waals surface area contributed by atoms with E-state index in [4.69, 9.17) is 9.47 Å². The Hall–Kier alpha value is -0.860. The maximum atomic E-state index is 5.26. The molecule has 0 N–H and O–H groups in total. The zero-order valence-electron chi connectivity index (χ0n) is 11.5. The van der Waals surface area contributed by atoms with E-state index >= 15 is 0 Å². The number of hydrogen-bond acceptors (Lipinski definition) is 2. The summed E-state index contributed by atoms with van der Waals surface area (Å²) in [4.78, 5) is 0. The van der Waals surface area contributed by atoms with Crippen LogP contribution in [0.5, 0.6) is 0 Å². The maximum Gasteiger partial charge on any atom is 0.146 e. The van der Waals surface area contributed by atoms with Crippen molar-refractivity contribution in [2.75, 3.05) is 20.5 Å². The highest BCUT2D eigenvalue weighted by atomic mass is 16.7. The van der Waals surface area contributed by atoms with Gasteiger partial charge in [0.2, 0.25) is 0 Å². The van der Waals surface area contributed by atoms with E-state index in [0.717, 1.165) is 19.4 Å². The molecule has 0 unspecified atom stereocenters. The molecule has 2 nitrogen and oxygen atoms in total. The predicted octanol–water partition coefficient (Wildman–Crippen LogP) is 3.54. The van der Waals surface area contributed by atoms with Crippen LogP contribution in [0.15, 0.2) is 24.3 Å². The number of aryl methyl sites for hydroxylation is 1. The Morgan fingerprint density at radius 1 is 1.06 bits per heavy atom. The first-order valence-electron chi connectivity index (χ1n) is 6.20. The molecule has 0 fully saturated rings. The van der Waals surface area contributed by atoms with E-state index in [1.165, 1.54) is 11.1 Å². The predicted molar refractivity (Wildman–Crippen MR) is 71.3 cm³/mol. The second-order valence-electron chi connectivity index (χ2n) is 5.37. The molecule has 96 valence electrons. The van der Waals surface area contributed by atoms with Gasteiger partial charge in [-0.2, -0.15) is 0 Å². The first-order chi connectivity index (χ1) is 8.04. The normalized spacial score (nSPS) is 11.8. The molecule has 0 bridgehead atoms. The molecule has 0 aliphatic carbocycles. The van der Waals surface area contributed by atoms with Gasteiger partial charge in [0.15, 0.2) is 0 Å². The summed E-state index contributed by atoms with van der Waals surface area (Å²) in [5.41, 5.74) is 3.00. The van der Waals surface area contributed by atoms with Gasteiger partial charge < -0.3 is 9.47 Å².